The summed E-state index contributed by atoms with van der Waals surface area (Å²) in [5, 5.41) is 3.64. The molecule has 4 nitrogen and oxygen atoms in total. The quantitative estimate of drug-likeness (QED) is 0.926. The summed E-state index contributed by atoms with van der Waals surface area (Å²) in [7, 11) is 3.67. The van der Waals surface area contributed by atoms with E-state index in [0.717, 1.165) is 32.5 Å². The van der Waals surface area contributed by atoms with Gasteiger partial charge in [0.2, 0.25) is 5.91 Å². The van der Waals surface area contributed by atoms with Crippen molar-refractivity contribution >= 4 is 5.91 Å². The minimum atomic E-state index is 0.207. The number of benzene rings is 1. The molecule has 0 aliphatic carbocycles. The van der Waals surface area contributed by atoms with E-state index in [-0.39, 0.29) is 5.91 Å². The summed E-state index contributed by atoms with van der Waals surface area (Å²) in [5.41, 5.74) is 3.04. The molecule has 1 amide bonds. The maximum atomic E-state index is 11.9. The Kier molecular flexibility index (Phi) is 5.34. The average molecular weight is 315 g/mol. The lowest BCUT2D eigenvalue weighted by molar-refractivity contribution is -0.130. The fourth-order valence-corrected chi connectivity index (χ4v) is 3.88. The van der Waals surface area contributed by atoms with Crippen molar-refractivity contribution in [3.63, 3.8) is 0 Å². The molecule has 1 atom stereocenters. The van der Waals surface area contributed by atoms with E-state index < -0.39 is 0 Å². The van der Waals surface area contributed by atoms with Crippen LogP contribution in [0.4, 0.5) is 0 Å². The maximum Gasteiger partial charge on any atom is 0.236 e. The molecule has 3 rings (SSSR count). The highest BCUT2D eigenvalue weighted by Crippen LogP contribution is 2.35. The molecule has 4 heteroatoms. The first-order chi connectivity index (χ1) is 11.1. The number of likely N-dealkylation sites (N-methyl/N-ethyl adjacent to an activating group) is 1. The normalized spacial score (nSPS) is 23.1. The van der Waals surface area contributed by atoms with Gasteiger partial charge >= 0.3 is 0 Å². The molecule has 0 bridgehead atoms. The number of carbonyl (C=O) groups excluding carboxylic acids is 1. The number of rotatable bonds is 4. The second-order valence-electron chi connectivity index (χ2n) is 7.12. The SMILES string of the molecule is CN(C)C(=O)CN1CCC(c2ccccc2[C@H]2CCCN2)CC1. The van der Waals surface area contributed by atoms with Gasteiger partial charge in [-0.05, 0) is 62.4 Å². The molecule has 0 aromatic heterocycles. The standard InChI is InChI=1S/C19H29N3O/c1-21(2)19(23)14-22-12-9-15(10-13-22)16-6-3-4-7-17(16)18-8-5-11-20-18/h3-4,6-7,15,18,20H,5,8-14H2,1-2H3/t18-/m1/s1. The fraction of sp³-hybridized carbons (Fsp3) is 0.632. The van der Waals surface area contributed by atoms with Crippen LogP contribution in [0.5, 0.6) is 0 Å². The van der Waals surface area contributed by atoms with E-state index in [1.54, 1.807) is 4.90 Å². The predicted molar refractivity (Wildman–Crippen MR) is 93.5 cm³/mol. The van der Waals surface area contributed by atoms with Crippen molar-refractivity contribution in [2.45, 2.75) is 37.6 Å². The molecule has 0 spiro atoms. The van der Waals surface area contributed by atoms with Crippen molar-refractivity contribution in [3.05, 3.63) is 35.4 Å². The largest absolute Gasteiger partial charge is 0.348 e. The molecule has 23 heavy (non-hydrogen) atoms. The Balaban J connectivity index is 1.63. The van der Waals surface area contributed by atoms with E-state index in [2.05, 4.69) is 34.5 Å². The Morgan fingerprint density at radius 1 is 1.17 bits per heavy atom. The molecule has 1 aromatic carbocycles. The van der Waals surface area contributed by atoms with E-state index in [0.29, 0.717) is 18.5 Å². The van der Waals surface area contributed by atoms with Crippen LogP contribution in [0.2, 0.25) is 0 Å². The van der Waals surface area contributed by atoms with Gasteiger partial charge in [0.25, 0.3) is 0 Å². The van der Waals surface area contributed by atoms with E-state index in [4.69, 9.17) is 0 Å². The molecule has 0 unspecified atom stereocenters. The van der Waals surface area contributed by atoms with Crippen molar-refractivity contribution < 1.29 is 4.79 Å². The van der Waals surface area contributed by atoms with E-state index in [9.17, 15) is 4.79 Å². The summed E-state index contributed by atoms with van der Waals surface area (Å²) in [6.45, 7) is 3.75. The number of hydrogen-bond acceptors (Lipinski definition) is 3. The Morgan fingerprint density at radius 2 is 1.87 bits per heavy atom. The lowest BCUT2D eigenvalue weighted by Crippen LogP contribution is -2.40. The van der Waals surface area contributed by atoms with Crippen LogP contribution in [0.3, 0.4) is 0 Å². The highest BCUT2D eigenvalue weighted by molar-refractivity contribution is 5.77. The zero-order chi connectivity index (χ0) is 16.2. The van der Waals surface area contributed by atoms with Crippen LogP contribution < -0.4 is 5.32 Å². The summed E-state index contributed by atoms with van der Waals surface area (Å²) in [6, 6.07) is 9.51. The van der Waals surface area contributed by atoms with Crippen LogP contribution in [0, 0.1) is 0 Å². The third kappa shape index (κ3) is 3.93. The Hall–Kier alpha value is -1.39. The lowest BCUT2D eigenvalue weighted by Gasteiger charge is -2.33. The van der Waals surface area contributed by atoms with Crippen LogP contribution in [-0.2, 0) is 4.79 Å². The molecule has 2 fully saturated rings. The van der Waals surface area contributed by atoms with Crippen LogP contribution in [-0.4, -0.2) is 56.0 Å². The summed E-state index contributed by atoms with van der Waals surface area (Å²) >= 11 is 0. The fourth-order valence-electron chi connectivity index (χ4n) is 3.88. The van der Waals surface area contributed by atoms with Gasteiger partial charge in [-0.25, -0.2) is 0 Å². The van der Waals surface area contributed by atoms with Crippen LogP contribution >= 0.6 is 0 Å². The summed E-state index contributed by atoms with van der Waals surface area (Å²) in [6.07, 6.45) is 4.85. The predicted octanol–water partition coefficient (Wildman–Crippen LogP) is 2.38. The van der Waals surface area contributed by atoms with Gasteiger partial charge in [0.15, 0.2) is 0 Å². The summed E-state index contributed by atoms with van der Waals surface area (Å²) in [4.78, 5) is 15.9. The third-order valence-corrected chi connectivity index (χ3v) is 5.32. The molecule has 0 radical (unpaired) electrons. The smallest absolute Gasteiger partial charge is 0.236 e. The highest BCUT2D eigenvalue weighted by Gasteiger charge is 2.26. The van der Waals surface area contributed by atoms with Gasteiger partial charge in [-0.2, -0.15) is 0 Å². The first kappa shape index (κ1) is 16.5. The molecule has 1 aromatic rings. The molecule has 2 aliphatic heterocycles. The molecule has 2 aliphatic rings. The number of amides is 1. The number of likely N-dealkylation sites (tertiary alicyclic amines) is 1. The molecule has 126 valence electrons. The number of carbonyl (C=O) groups is 1. The van der Waals surface area contributed by atoms with Crippen molar-refractivity contribution in [1.82, 2.24) is 15.1 Å². The van der Waals surface area contributed by atoms with E-state index in [1.807, 2.05) is 14.1 Å². The van der Waals surface area contributed by atoms with Crippen molar-refractivity contribution in [1.29, 1.82) is 0 Å². The van der Waals surface area contributed by atoms with Gasteiger partial charge in [0, 0.05) is 20.1 Å². The first-order valence-corrected chi connectivity index (χ1v) is 8.90. The summed E-state index contributed by atoms with van der Waals surface area (Å²) in [5.74, 6) is 0.846. The van der Waals surface area contributed by atoms with E-state index >= 15 is 0 Å². The van der Waals surface area contributed by atoms with Gasteiger partial charge in [0.1, 0.15) is 0 Å². The Labute approximate surface area is 139 Å². The molecule has 2 heterocycles. The van der Waals surface area contributed by atoms with Crippen LogP contribution in [0.1, 0.15) is 48.8 Å². The van der Waals surface area contributed by atoms with E-state index in [1.165, 1.54) is 24.0 Å². The second-order valence-corrected chi connectivity index (χ2v) is 7.12. The number of hydrogen-bond donors (Lipinski definition) is 1. The van der Waals surface area contributed by atoms with Gasteiger partial charge in [-0.1, -0.05) is 24.3 Å². The lowest BCUT2D eigenvalue weighted by atomic mass is 9.84. The van der Waals surface area contributed by atoms with Crippen LogP contribution in [0.25, 0.3) is 0 Å². The minimum Gasteiger partial charge on any atom is -0.348 e. The molecular formula is C19H29N3O. The first-order valence-electron chi connectivity index (χ1n) is 8.90. The van der Waals surface area contributed by atoms with Crippen molar-refractivity contribution in [2.24, 2.45) is 0 Å². The Morgan fingerprint density at radius 3 is 2.48 bits per heavy atom. The van der Waals surface area contributed by atoms with Crippen molar-refractivity contribution in [3.8, 4) is 0 Å². The Bertz CT molecular complexity index is 529. The molecule has 0 saturated carbocycles. The summed E-state index contributed by atoms with van der Waals surface area (Å²) < 4.78 is 0. The molecule has 2 saturated heterocycles. The molecule has 1 N–H and O–H groups in total. The number of piperidine rings is 1. The zero-order valence-corrected chi connectivity index (χ0v) is 14.4. The number of nitrogens with zero attached hydrogens (tertiary/aromatic N) is 2. The molecular weight excluding hydrogens is 286 g/mol. The number of nitrogens with one attached hydrogen (secondary N) is 1. The third-order valence-electron chi connectivity index (χ3n) is 5.32. The average Bonchev–Trinajstić information content (AvgIpc) is 3.10. The highest BCUT2D eigenvalue weighted by atomic mass is 16.2. The maximum absolute atomic E-state index is 11.9. The monoisotopic (exact) mass is 315 g/mol. The van der Waals surface area contributed by atoms with Gasteiger partial charge < -0.3 is 10.2 Å². The van der Waals surface area contributed by atoms with Crippen molar-refractivity contribution in [2.75, 3.05) is 40.3 Å². The zero-order valence-electron chi connectivity index (χ0n) is 14.4. The van der Waals surface area contributed by atoms with Crippen LogP contribution in [0.15, 0.2) is 24.3 Å². The minimum absolute atomic E-state index is 0.207. The second kappa shape index (κ2) is 7.45. The van der Waals surface area contributed by atoms with Gasteiger partial charge in [0.05, 0.1) is 6.54 Å². The topological polar surface area (TPSA) is 35.6 Å². The van der Waals surface area contributed by atoms with Gasteiger partial charge in [-0.3, -0.25) is 9.69 Å². The van der Waals surface area contributed by atoms with Gasteiger partial charge in [-0.15, -0.1) is 0 Å².